The number of hydrogen-bond donors (Lipinski definition) is 2. The van der Waals surface area contributed by atoms with Gasteiger partial charge in [0.05, 0.1) is 16.8 Å². The maximum absolute atomic E-state index is 7.70. The van der Waals surface area contributed by atoms with E-state index < -0.39 is 0 Å². The lowest BCUT2D eigenvalue weighted by molar-refractivity contribution is 0.686. The average molecular weight is 255 g/mol. The zero-order valence-corrected chi connectivity index (χ0v) is 10.6. The number of hydrogen-bond acceptors (Lipinski definition) is 4. The molecule has 0 aliphatic heterocycles. The van der Waals surface area contributed by atoms with E-state index in [0.29, 0.717) is 17.1 Å². The second kappa shape index (κ2) is 3.91. The number of nitrogen functional groups attached to an aromatic ring is 1. The van der Waals surface area contributed by atoms with Crippen LogP contribution in [0.1, 0.15) is 11.3 Å². The largest absolute Gasteiger partial charge is 0.384 e. The molecule has 7 heteroatoms. The highest BCUT2D eigenvalue weighted by Crippen LogP contribution is 2.20. The summed E-state index contributed by atoms with van der Waals surface area (Å²) in [6.45, 7) is 1.82. The Morgan fingerprint density at radius 1 is 1.32 bits per heavy atom. The Morgan fingerprint density at radius 3 is 2.79 bits per heavy atom. The summed E-state index contributed by atoms with van der Waals surface area (Å²) in [5, 5.41) is 20.2. The van der Waals surface area contributed by atoms with Crippen molar-refractivity contribution in [2.24, 2.45) is 12.8 Å². The lowest BCUT2D eigenvalue weighted by Gasteiger charge is -2.05. The predicted octanol–water partition coefficient (Wildman–Crippen LogP) is 0.746. The zero-order chi connectivity index (χ0) is 13.6. The van der Waals surface area contributed by atoms with Gasteiger partial charge in [-0.3, -0.25) is 5.41 Å². The molecule has 19 heavy (non-hydrogen) atoms. The van der Waals surface area contributed by atoms with Crippen molar-refractivity contribution >= 4 is 16.9 Å². The van der Waals surface area contributed by atoms with Crippen LogP contribution in [0.4, 0.5) is 0 Å². The van der Waals surface area contributed by atoms with Crippen molar-refractivity contribution in [3.8, 4) is 5.82 Å². The number of aromatic nitrogens is 5. The molecule has 2 heterocycles. The molecule has 3 N–H and O–H groups in total. The second-order valence-electron chi connectivity index (χ2n) is 4.31. The van der Waals surface area contributed by atoms with Gasteiger partial charge < -0.3 is 5.73 Å². The van der Waals surface area contributed by atoms with E-state index in [9.17, 15) is 0 Å². The van der Waals surface area contributed by atoms with E-state index in [-0.39, 0.29) is 5.84 Å². The molecule has 0 saturated heterocycles. The summed E-state index contributed by atoms with van der Waals surface area (Å²) < 4.78 is 3.32. The molecule has 0 atom stereocenters. The molecule has 1 aromatic carbocycles. The highest BCUT2D eigenvalue weighted by Gasteiger charge is 2.20. The Morgan fingerprint density at radius 2 is 2.05 bits per heavy atom. The van der Waals surface area contributed by atoms with Crippen LogP contribution >= 0.6 is 0 Å². The third-order valence-electron chi connectivity index (χ3n) is 3.01. The molecule has 0 radical (unpaired) electrons. The number of nitrogens with two attached hydrogens (primary N) is 1. The van der Waals surface area contributed by atoms with Gasteiger partial charge in [-0.1, -0.05) is 17.3 Å². The molecule has 3 aromatic rings. The molecule has 0 aliphatic rings. The predicted molar refractivity (Wildman–Crippen MR) is 71.4 cm³/mol. The summed E-state index contributed by atoms with van der Waals surface area (Å²) in [4.78, 5) is 0. The van der Waals surface area contributed by atoms with E-state index in [2.05, 4.69) is 15.4 Å². The molecule has 0 aliphatic carbocycles. The van der Waals surface area contributed by atoms with Crippen molar-refractivity contribution in [1.82, 2.24) is 24.8 Å². The summed E-state index contributed by atoms with van der Waals surface area (Å²) in [7, 11) is 1.80. The second-order valence-corrected chi connectivity index (χ2v) is 4.31. The molecular formula is C12H13N7. The molecule has 96 valence electrons. The molecule has 2 aromatic heterocycles. The van der Waals surface area contributed by atoms with E-state index >= 15 is 0 Å². The molecule has 3 rings (SSSR count). The summed E-state index contributed by atoms with van der Waals surface area (Å²) in [5.41, 5.74) is 8.57. The van der Waals surface area contributed by atoms with Crippen molar-refractivity contribution in [2.75, 3.05) is 0 Å². The molecule has 0 amide bonds. The maximum Gasteiger partial charge on any atom is 0.165 e. The van der Waals surface area contributed by atoms with Crippen LogP contribution in [0.3, 0.4) is 0 Å². The minimum Gasteiger partial charge on any atom is -0.384 e. The van der Waals surface area contributed by atoms with Crippen LogP contribution in [0.25, 0.3) is 16.9 Å². The monoisotopic (exact) mass is 255 g/mol. The highest BCUT2D eigenvalue weighted by atomic mass is 15.5. The Bertz CT molecular complexity index is 781. The average Bonchev–Trinajstić information content (AvgIpc) is 2.89. The minimum atomic E-state index is -0.0276. The third-order valence-corrected chi connectivity index (χ3v) is 3.01. The number of rotatable bonds is 2. The van der Waals surface area contributed by atoms with E-state index in [1.807, 2.05) is 31.2 Å². The molecule has 0 fully saturated rings. The third kappa shape index (κ3) is 1.59. The van der Waals surface area contributed by atoms with Crippen LogP contribution in [0.5, 0.6) is 0 Å². The zero-order valence-electron chi connectivity index (χ0n) is 10.6. The van der Waals surface area contributed by atoms with Gasteiger partial charge in [0.15, 0.2) is 5.82 Å². The van der Waals surface area contributed by atoms with Gasteiger partial charge >= 0.3 is 0 Å². The lowest BCUT2D eigenvalue weighted by atomic mass is 10.2. The van der Waals surface area contributed by atoms with Gasteiger partial charge in [-0.2, -0.15) is 9.78 Å². The van der Waals surface area contributed by atoms with Crippen molar-refractivity contribution in [3.05, 3.63) is 35.5 Å². The Hall–Kier alpha value is -2.70. The van der Waals surface area contributed by atoms with Gasteiger partial charge in [0.25, 0.3) is 0 Å². The summed E-state index contributed by atoms with van der Waals surface area (Å²) in [6, 6.07) is 7.62. The van der Waals surface area contributed by atoms with Crippen molar-refractivity contribution in [3.63, 3.8) is 0 Å². The number of aryl methyl sites for hydroxylation is 2. The molecule has 0 unspecified atom stereocenters. The van der Waals surface area contributed by atoms with Gasteiger partial charge in [0, 0.05) is 7.05 Å². The first-order valence-electron chi connectivity index (χ1n) is 5.78. The van der Waals surface area contributed by atoms with E-state index in [4.69, 9.17) is 11.1 Å². The summed E-state index contributed by atoms with van der Waals surface area (Å²) in [5.74, 6) is 0.624. The van der Waals surface area contributed by atoms with Crippen LogP contribution in [-0.4, -0.2) is 30.6 Å². The molecular weight excluding hydrogens is 242 g/mol. The number of nitrogens with zero attached hydrogens (tertiary/aromatic N) is 5. The number of nitrogens with one attached hydrogen (secondary N) is 1. The van der Waals surface area contributed by atoms with Crippen LogP contribution in [0.15, 0.2) is 24.3 Å². The van der Waals surface area contributed by atoms with E-state index in [1.54, 1.807) is 16.4 Å². The van der Waals surface area contributed by atoms with Gasteiger partial charge in [0.2, 0.25) is 0 Å². The first kappa shape index (κ1) is 11.4. The van der Waals surface area contributed by atoms with Crippen LogP contribution in [0, 0.1) is 12.3 Å². The first-order chi connectivity index (χ1) is 9.09. The van der Waals surface area contributed by atoms with Gasteiger partial charge in [-0.05, 0) is 19.1 Å². The molecule has 0 spiro atoms. The normalized spacial score (nSPS) is 11.1. The number of para-hydroxylation sites is 1. The topological polar surface area (TPSA) is 98.4 Å². The van der Waals surface area contributed by atoms with Crippen molar-refractivity contribution in [2.45, 2.75) is 6.92 Å². The minimum absolute atomic E-state index is 0.0276. The van der Waals surface area contributed by atoms with Crippen LogP contribution in [-0.2, 0) is 7.05 Å². The van der Waals surface area contributed by atoms with Gasteiger partial charge in [-0.25, -0.2) is 4.68 Å². The maximum atomic E-state index is 7.70. The Balaban J connectivity index is 2.36. The lowest BCUT2D eigenvalue weighted by Crippen LogP contribution is -2.16. The van der Waals surface area contributed by atoms with Crippen LogP contribution in [0.2, 0.25) is 0 Å². The summed E-state index contributed by atoms with van der Waals surface area (Å²) >= 11 is 0. The number of amidine groups is 1. The first-order valence-corrected chi connectivity index (χ1v) is 5.78. The fourth-order valence-electron chi connectivity index (χ4n) is 2.23. The smallest absolute Gasteiger partial charge is 0.165 e. The van der Waals surface area contributed by atoms with Crippen LogP contribution < -0.4 is 5.73 Å². The van der Waals surface area contributed by atoms with Gasteiger partial charge in [0.1, 0.15) is 11.4 Å². The molecule has 7 nitrogen and oxygen atoms in total. The highest BCUT2D eigenvalue weighted by molar-refractivity contribution is 5.99. The van der Waals surface area contributed by atoms with E-state index in [0.717, 1.165) is 11.0 Å². The number of benzene rings is 1. The van der Waals surface area contributed by atoms with E-state index in [1.165, 1.54) is 0 Å². The Kier molecular flexibility index (Phi) is 2.34. The quantitative estimate of drug-likeness (QED) is 0.521. The van der Waals surface area contributed by atoms with Crippen molar-refractivity contribution < 1.29 is 0 Å². The molecule has 0 saturated carbocycles. The standard InChI is InChI=1S/C12H13N7/c1-7-10(11(13)14)12(18(2)16-7)19-9-6-4-3-5-8(9)15-17-19/h3-6H,1-2H3,(H3,13,14). The van der Waals surface area contributed by atoms with Gasteiger partial charge in [-0.15, -0.1) is 5.10 Å². The Labute approximate surface area is 109 Å². The molecule has 0 bridgehead atoms. The fraction of sp³-hybridized carbons (Fsp3) is 0.167. The fourth-order valence-corrected chi connectivity index (χ4v) is 2.23. The summed E-state index contributed by atoms with van der Waals surface area (Å²) in [6.07, 6.45) is 0. The SMILES string of the molecule is Cc1nn(C)c(-n2nnc3ccccc32)c1C(=N)N. The van der Waals surface area contributed by atoms with Crippen molar-refractivity contribution in [1.29, 1.82) is 5.41 Å². The number of fused-ring (bicyclic) bond motifs is 1.